The van der Waals surface area contributed by atoms with Crippen LogP contribution in [0.5, 0.6) is 23.0 Å². The van der Waals surface area contributed by atoms with Crippen LogP contribution in [-0.4, -0.2) is 27.9 Å². The molecule has 3 aromatic carbocycles. The monoisotopic (exact) mass is 431 g/mol. The number of ether oxygens (including phenoxy) is 2. The number of aromatic nitrogens is 1. The highest BCUT2D eigenvalue weighted by Gasteiger charge is 2.21. The van der Waals surface area contributed by atoms with Crippen LogP contribution >= 0.6 is 0 Å². The van der Waals surface area contributed by atoms with Gasteiger partial charge in [0.05, 0.1) is 12.7 Å². The van der Waals surface area contributed by atoms with Crippen molar-refractivity contribution in [2.75, 3.05) is 6.61 Å². The molecule has 0 saturated heterocycles. The molecule has 32 heavy (non-hydrogen) atoms. The van der Waals surface area contributed by atoms with Crippen LogP contribution in [0.2, 0.25) is 0 Å². The largest absolute Gasteiger partial charge is 0.508 e. The summed E-state index contributed by atoms with van der Waals surface area (Å²) in [5.41, 5.74) is 4.25. The van der Waals surface area contributed by atoms with E-state index < -0.39 is 0 Å². The molecular weight excluding hydrogens is 402 g/mol. The first kappa shape index (κ1) is 21.6. The van der Waals surface area contributed by atoms with Crippen molar-refractivity contribution < 1.29 is 19.7 Å². The van der Waals surface area contributed by atoms with E-state index in [0.717, 1.165) is 34.2 Å². The van der Waals surface area contributed by atoms with Gasteiger partial charge in [0.15, 0.2) is 0 Å². The van der Waals surface area contributed by atoms with Crippen molar-refractivity contribution in [2.24, 2.45) is 0 Å². The molecule has 166 valence electrons. The Morgan fingerprint density at radius 1 is 0.906 bits per heavy atom. The van der Waals surface area contributed by atoms with Gasteiger partial charge in [-0.3, -0.25) is 0 Å². The number of fused-ring (bicyclic) bond motifs is 1. The predicted octanol–water partition coefficient (Wildman–Crippen LogP) is 6.14. The summed E-state index contributed by atoms with van der Waals surface area (Å²) in [6.07, 6.45) is 2.88. The summed E-state index contributed by atoms with van der Waals surface area (Å²) >= 11 is 0. The minimum Gasteiger partial charge on any atom is -0.508 e. The van der Waals surface area contributed by atoms with Gasteiger partial charge in [-0.05, 0) is 68.7 Å². The summed E-state index contributed by atoms with van der Waals surface area (Å²) in [6.45, 7) is 6.46. The van der Waals surface area contributed by atoms with E-state index in [0.29, 0.717) is 12.4 Å². The number of hydrogen-bond donors (Lipinski definition) is 3. The van der Waals surface area contributed by atoms with E-state index in [9.17, 15) is 10.2 Å². The van der Waals surface area contributed by atoms with Crippen molar-refractivity contribution in [3.63, 3.8) is 0 Å². The maximum atomic E-state index is 10.0. The molecule has 5 heteroatoms. The number of H-pyrrole nitrogens is 1. The highest BCUT2D eigenvalue weighted by atomic mass is 16.5. The van der Waals surface area contributed by atoms with Crippen LogP contribution in [0.25, 0.3) is 10.9 Å². The summed E-state index contributed by atoms with van der Waals surface area (Å²) in [7, 11) is 0. The lowest BCUT2D eigenvalue weighted by atomic mass is 9.85. The normalized spacial score (nSPS) is 12.2. The Balaban J connectivity index is 1.76. The average molecular weight is 432 g/mol. The molecule has 0 fully saturated rings. The second kappa shape index (κ2) is 9.27. The van der Waals surface area contributed by atoms with Crippen molar-refractivity contribution in [2.45, 2.75) is 39.2 Å². The van der Waals surface area contributed by atoms with Crippen LogP contribution in [0.4, 0.5) is 0 Å². The molecule has 1 atom stereocenters. The third-order valence-electron chi connectivity index (χ3n) is 5.50. The van der Waals surface area contributed by atoms with Gasteiger partial charge in [-0.2, -0.15) is 0 Å². The second-order valence-electron chi connectivity index (χ2n) is 8.19. The number of aromatic amines is 1. The fraction of sp³-hybridized carbons (Fsp3) is 0.259. The minimum absolute atomic E-state index is 0.0247. The molecule has 0 spiro atoms. The lowest BCUT2D eigenvalue weighted by Gasteiger charge is -2.21. The number of phenolic OH excluding ortho intramolecular Hbond substituents is 2. The van der Waals surface area contributed by atoms with Gasteiger partial charge in [0.1, 0.15) is 23.0 Å². The molecule has 1 heterocycles. The van der Waals surface area contributed by atoms with Crippen molar-refractivity contribution in [1.29, 1.82) is 0 Å². The van der Waals surface area contributed by atoms with Gasteiger partial charge in [0.25, 0.3) is 0 Å². The highest BCUT2D eigenvalue weighted by molar-refractivity contribution is 5.84. The molecule has 0 radical (unpaired) electrons. The second-order valence-corrected chi connectivity index (χ2v) is 8.19. The zero-order valence-electron chi connectivity index (χ0n) is 18.6. The fourth-order valence-electron chi connectivity index (χ4n) is 4.11. The van der Waals surface area contributed by atoms with Crippen LogP contribution in [0, 0.1) is 0 Å². The predicted molar refractivity (Wildman–Crippen MR) is 127 cm³/mol. The number of nitrogens with one attached hydrogen (secondary N) is 1. The van der Waals surface area contributed by atoms with Gasteiger partial charge in [-0.25, -0.2) is 0 Å². The average Bonchev–Trinajstić information content (AvgIpc) is 3.15. The van der Waals surface area contributed by atoms with Crippen molar-refractivity contribution in [3.05, 3.63) is 83.6 Å². The summed E-state index contributed by atoms with van der Waals surface area (Å²) < 4.78 is 11.7. The molecule has 4 aromatic rings. The Morgan fingerprint density at radius 2 is 1.66 bits per heavy atom. The minimum atomic E-state index is -0.0247. The van der Waals surface area contributed by atoms with Gasteiger partial charge in [0.2, 0.25) is 0 Å². The molecule has 0 amide bonds. The van der Waals surface area contributed by atoms with Crippen molar-refractivity contribution in [3.8, 4) is 23.0 Å². The SMILES string of the molecule is CCOc1cc(O)ccc1C(Cc1c[nH]c2cc(OC(C)C)ccc12)c1ccc(O)cc1. The van der Waals surface area contributed by atoms with E-state index in [1.807, 2.05) is 57.3 Å². The first-order valence-corrected chi connectivity index (χ1v) is 11.0. The molecule has 0 aliphatic heterocycles. The summed E-state index contributed by atoms with van der Waals surface area (Å²) in [6, 6.07) is 18.7. The Bertz CT molecular complexity index is 1190. The third-order valence-corrected chi connectivity index (χ3v) is 5.50. The summed E-state index contributed by atoms with van der Waals surface area (Å²) in [5.74, 6) is 1.88. The van der Waals surface area contributed by atoms with E-state index in [2.05, 4.69) is 11.1 Å². The molecule has 0 aliphatic carbocycles. The molecule has 1 aromatic heterocycles. The lowest BCUT2D eigenvalue weighted by Crippen LogP contribution is -2.08. The molecule has 0 bridgehead atoms. The van der Waals surface area contributed by atoms with E-state index >= 15 is 0 Å². The van der Waals surface area contributed by atoms with Gasteiger partial charge >= 0.3 is 0 Å². The maximum Gasteiger partial charge on any atom is 0.126 e. The van der Waals surface area contributed by atoms with E-state index in [1.54, 1.807) is 24.3 Å². The Morgan fingerprint density at radius 3 is 2.38 bits per heavy atom. The molecule has 1 unspecified atom stereocenters. The Kier molecular flexibility index (Phi) is 6.26. The van der Waals surface area contributed by atoms with Gasteiger partial charge in [-0.1, -0.05) is 18.2 Å². The van der Waals surface area contributed by atoms with Crippen LogP contribution in [0.3, 0.4) is 0 Å². The van der Waals surface area contributed by atoms with Crippen molar-refractivity contribution in [1.82, 2.24) is 4.98 Å². The maximum absolute atomic E-state index is 10.0. The first-order valence-electron chi connectivity index (χ1n) is 11.0. The number of rotatable bonds is 8. The lowest BCUT2D eigenvalue weighted by molar-refractivity contribution is 0.242. The van der Waals surface area contributed by atoms with Gasteiger partial charge in [0, 0.05) is 40.7 Å². The topological polar surface area (TPSA) is 74.7 Å². The number of phenols is 2. The summed E-state index contributed by atoms with van der Waals surface area (Å²) in [4.78, 5) is 3.38. The van der Waals surface area contributed by atoms with E-state index in [4.69, 9.17) is 9.47 Å². The van der Waals surface area contributed by atoms with Crippen LogP contribution < -0.4 is 9.47 Å². The smallest absolute Gasteiger partial charge is 0.126 e. The third kappa shape index (κ3) is 4.67. The van der Waals surface area contributed by atoms with E-state index in [1.165, 1.54) is 5.56 Å². The highest BCUT2D eigenvalue weighted by Crippen LogP contribution is 2.38. The van der Waals surface area contributed by atoms with Crippen LogP contribution in [0.1, 0.15) is 43.4 Å². The zero-order valence-corrected chi connectivity index (χ0v) is 18.6. The summed E-state index contributed by atoms with van der Waals surface area (Å²) in [5, 5.41) is 20.9. The van der Waals surface area contributed by atoms with Gasteiger partial charge < -0.3 is 24.7 Å². The Hall–Kier alpha value is -3.60. The first-order chi connectivity index (χ1) is 15.4. The Labute approximate surface area is 188 Å². The van der Waals surface area contributed by atoms with Crippen molar-refractivity contribution >= 4 is 10.9 Å². The van der Waals surface area contributed by atoms with E-state index in [-0.39, 0.29) is 23.5 Å². The van der Waals surface area contributed by atoms with Gasteiger partial charge in [-0.15, -0.1) is 0 Å². The fourth-order valence-corrected chi connectivity index (χ4v) is 4.11. The molecule has 4 rings (SSSR count). The molecule has 0 aliphatic rings. The van der Waals surface area contributed by atoms with Crippen LogP contribution in [-0.2, 0) is 6.42 Å². The molecule has 5 nitrogen and oxygen atoms in total. The molecule has 0 saturated carbocycles. The number of benzene rings is 3. The standard InChI is InChI=1S/C27H29NO4/c1-4-31-27-14-21(30)9-11-24(27)25(18-5-7-20(29)8-6-18)13-19-16-28-26-15-22(32-17(2)3)10-12-23(19)26/h5-12,14-17,25,28-30H,4,13H2,1-3H3. The quantitative estimate of drug-likeness (QED) is 0.313. The van der Waals surface area contributed by atoms with Crippen LogP contribution in [0.15, 0.2) is 66.9 Å². The molecule has 3 N–H and O–H groups in total. The number of hydrogen-bond acceptors (Lipinski definition) is 4. The number of aromatic hydroxyl groups is 2. The molecular formula is C27H29NO4. The zero-order chi connectivity index (χ0) is 22.7.